The second-order valence-electron chi connectivity index (χ2n) is 7.09. The van der Waals surface area contributed by atoms with Crippen molar-refractivity contribution in [1.82, 2.24) is 0 Å². The van der Waals surface area contributed by atoms with Gasteiger partial charge in [0.25, 0.3) is 5.91 Å². The molecule has 1 heterocycles. The molecule has 0 unspecified atom stereocenters. The van der Waals surface area contributed by atoms with Gasteiger partial charge in [-0.05, 0) is 58.0 Å². The largest absolute Gasteiger partial charge is 0.618 e. The van der Waals surface area contributed by atoms with Gasteiger partial charge in [-0.25, -0.2) is 4.39 Å². The van der Waals surface area contributed by atoms with E-state index in [1.807, 2.05) is 5.32 Å². The fourth-order valence-corrected chi connectivity index (χ4v) is 4.49. The van der Waals surface area contributed by atoms with Crippen LogP contribution in [0.1, 0.15) is 15.9 Å². The SMILES string of the molecule is O=C(Nc1c(Br)cc(C(F)(C(F)(F)F)C(F)(F)F)cc1SC(F)(F)F)c1ccc2ccc[n+]([O-])c2c1. The minimum atomic E-state index is -6.57. The minimum absolute atomic E-state index is 0.0120. The average Bonchev–Trinajstić information content (AvgIpc) is 2.72. The van der Waals surface area contributed by atoms with Crippen LogP contribution in [0.3, 0.4) is 0 Å². The second kappa shape index (κ2) is 9.28. The number of amides is 1. The van der Waals surface area contributed by atoms with Crippen molar-refractivity contribution in [2.45, 2.75) is 28.4 Å². The average molecular weight is 611 g/mol. The van der Waals surface area contributed by atoms with Gasteiger partial charge in [0.1, 0.15) is 0 Å². The highest BCUT2D eigenvalue weighted by molar-refractivity contribution is 9.10. The van der Waals surface area contributed by atoms with Gasteiger partial charge in [0.05, 0.1) is 5.69 Å². The van der Waals surface area contributed by atoms with Crippen molar-refractivity contribution in [2.24, 2.45) is 0 Å². The molecule has 0 bridgehead atoms. The number of hydrogen-bond acceptors (Lipinski definition) is 3. The Bertz CT molecular complexity index is 1310. The third kappa shape index (κ3) is 5.33. The molecular formula is C20H9BrF10N2O2S. The van der Waals surface area contributed by atoms with Crippen LogP contribution < -0.4 is 10.0 Å². The molecule has 3 rings (SSSR count). The minimum Gasteiger partial charge on any atom is -0.618 e. The summed E-state index contributed by atoms with van der Waals surface area (Å²) in [4.78, 5) is 11.3. The zero-order chi connectivity index (χ0) is 27.3. The van der Waals surface area contributed by atoms with Gasteiger partial charge in [-0.2, -0.15) is 44.2 Å². The Morgan fingerprint density at radius 1 is 0.917 bits per heavy atom. The van der Waals surface area contributed by atoms with Gasteiger partial charge in [-0.1, -0.05) is 0 Å². The van der Waals surface area contributed by atoms with Crippen molar-refractivity contribution in [3.63, 3.8) is 0 Å². The lowest BCUT2D eigenvalue weighted by molar-refractivity contribution is -0.577. The lowest BCUT2D eigenvalue weighted by Crippen LogP contribution is -2.50. The summed E-state index contributed by atoms with van der Waals surface area (Å²) in [6.07, 6.45) is -12.1. The fourth-order valence-electron chi connectivity index (χ4n) is 3.10. The van der Waals surface area contributed by atoms with Crippen LogP contribution in [-0.2, 0) is 5.67 Å². The molecule has 3 aromatic rings. The number of anilines is 1. The number of rotatable bonds is 4. The van der Waals surface area contributed by atoms with Crippen LogP contribution in [0.5, 0.6) is 0 Å². The van der Waals surface area contributed by atoms with E-state index in [0.717, 1.165) is 12.3 Å². The molecule has 0 radical (unpaired) electrons. The van der Waals surface area contributed by atoms with Crippen molar-refractivity contribution in [2.75, 3.05) is 5.32 Å². The first-order valence-electron chi connectivity index (χ1n) is 9.20. The number of aromatic nitrogens is 1. The molecule has 0 atom stereocenters. The first-order valence-corrected chi connectivity index (χ1v) is 10.8. The molecule has 194 valence electrons. The molecule has 2 aromatic carbocycles. The van der Waals surface area contributed by atoms with Gasteiger partial charge in [0.2, 0.25) is 5.52 Å². The zero-order valence-electron chi connectivity index (χ0n) is 16.9. The Labute approximate surface area is 207 Å². The normalized spacial score (nSPS) is 13.2. The number of pyridine rings is 1. The number of benzene rings is 2. The van der Waals surface area contributed by atoms with Crippen LogP contribution in [0.4, 0.5) is 49.6 Å². The Morgan fingerprint density at radius 3 is 2.08 bits per heavy atom. The van der Waals surface area contributed by atoms with Crippen molar-refractivity contribution in [1.29, 1.82) is 0 Å². The van der Waals surface area contributed by atoms with Gasteiger partial charge < -0.3 is 10.5 Å². The first-order chi connectivity index (χ1) is 16.3. The highest BCUT2D eigenvalue weighted by atomic mass is 79.9. The van der Waals surface area contributed by atoms with E-state index in [2.05, 4.69) is 15.9 Å². The van der Waals surface area contributed by atoms with E-state index in [1.165, 1.54) is 24.3 Å². The summed E-state index contributed by atoms with van der Waals surface area (Å²) in [5.41, 5.74) is -14.6. The molecule has 0 spiro atoms. The van der Waals surface area contributed by atoms with E-state index < -0.39 is 61.8 Å². The Hall–Kier alpha value is -2.75. The van der Waals surface area contributed by atoms with Crippen molar-refractivity contribution in [3.05, 3.63) is 69.5 Å². The molecular weight excluding hydrogens is 602 g/mol. The molecule has 0 saturated heterocycles. The summed E-state index contributed by atoms with van der Waals surface area (Å²) >= 11 is 1.37. The molecule has 0 fully saturated rings. The third-order valence-electron chi connectivity index (χ3n) is 4.72. The summed E-state index contributed by atoms with van der Waals surface area (Å²) in [6.45, 7) is 0. The second-order valence-corrected chi connectivity index (χ2v) is 9.06. The van der Waals surface area contributed by atoms with Gasteiger partial charge in [0, 0.05) is 38.0 Å². The van der Waals surface area contributed by atoms with Crippen molar-refractivity contribution >= 4 is 50.2 Å². The fraction of sp³-hybridized carbons (Fsp3) is 0.200. The maximum Gasteiger partial charge on any atom is 0.446 e. The number of alkyl halides is 10. The first kappa shape index (κ1) is 27.8. The summed E-state index contributed by atoms with van der Waals surface area (Å²) < 4.78 is 132. The third-order valence-corrected chi connectivity index (χ3v) is 6.12. The smallest absolute Gasteiger partial charge is 0.446 e. The van der Waals surface area contributed by atoms with Crippen LogP contribution in [-0.4, -0.2) is 23.8 Å². The highest BCUT2D eigenvalue weighted by Gasteiger charge is 2.73. The van der Waals surface area contributed by atoms with Crippen LogP contribution in [0.15, 0.2) is 58.0 Å². The predicted molar refractivity (Wildman–Crippen MR) is 112 cm³/mol. The standard InChI is InChI=1S/C20H9BrF10N2O2S/c21-12-7-11(17(22,18(23,24)25)19(26,27)28)8-14(36-20(29,30)31)15(12)32-16(34)10-4-3-9-2-1-5-33(35)13(9)6-10/h1-8H,(H,32,34). The summed E-state index contributed by atoms with van der Waals surface area (Å²) in [5.74, 6) is -1.16. The monoisotopic (exact) mass is 610 g/mol. The van der Waals surface area contributed by atoms with Gasteiger partial charge in [-0.15, -0.1) is 0 Å². The predicted octanol–water partition coefficient (Wildman–Crippen LogP) is 7.39. The van der Waals surface area contributed by atoms with Gasteiger partial charge in [0.15, 0.2) is 6.20 Å². The number of hydrogen-bond donors (Lipinski definition) is 1. The molecule has 36 heavy (non-hydrogen) atoms. The number of carbonyl (C=O) groups is 1. The van der Waals surface area contributed by atoms with Crippen LogP contribution >= 0.6 is 27.7 Å². The number of nitrogens with zero attached hydrogens (tertiary/aromatic N) is 1. The molecule has 1 N–H and O–H groups in total. The lowest BCUT2D eigenvalue weighted by atomic mass is 9.94. The van der Waals surface area contributed by atoms with Crippen LogP contribution in [0, 0.1) is 5.21 Å². The molecule has 1 amide bonds. The Kier molecular flexibility index (Phi) is 7.18. The molecule has 0 aliphatic heterocycles. The Morgan fingerprint density at radius 2 is 1.53 bits per heavy atom. The molecule has 0 aliphatic carbocycles. The molecule has 4 nitrogen and oxygen atoms in total. The molecule has 0 aliphatic rings. The topological polar surface area (TPSA) is 56.0 Å². The summed E-state index contributed by atoms with van der Waals surface area (Å²) in [5, 5.41) is 14.2. The van der Waals surface area contributed by atoms with E-state index in [1.54, 1.807) is 0 Å². The molecule has 1 aromatic heterocycles. The molecule has 0 saturated carbocycles. The number of nitrogens with one attached hydrogen (secondary N) is 1. The van der Waals surface area contributed by atoms with E-state index >= 15 is 0 Å². The van der Waals surface area contributed by atoms with Crippen molar-refractivity contribution < 1.29 is 53.4 Å². The highest BCUT2D eigenvalue weighted by Crippen LogP contribution is 2.55. The summed E-state index contributed by atoms with van der Waals surface area (Å²) in [6, 6.07) is 6.18. The lowest BCUT2D eigenvalue weighted by Gasteiger charge is -2.31. The molecule has 16 heteroatoms. The van der Waals surface area contributed by atoms with E-state index in [0.29, 0.717) is 10.1 Å². The zero-order valence-corrected chi connectivity index (χ0v) is 19.4. The maximum atomic E-state index is 14.5. The number of halogens is 11. The number of thioether (sulfide) groups is 1. The van der Waals surface area contributed by atoms with Crippen LogP contribution in [0.25, 0.3) is 10.9 Å². The van der Waals surface area contributed by atoms with E-state index in [-0.39, 0.29) is 23.2 Å². The van der Waals surface area contributed by atoms with Gasteiger partial charge in [-0.3, -0.25) is 4.79 Å². The quantitative estimate of drug-likeness (QED) is 0.145. The summed E-state index contributed by atoms with van der Waals surface area (Å²) in [7, 11) is 0. The van der Waals surface area contributed by atoms with Gasteiger partial charge >= 0.3 is 23.5 Å². The number of fused-ring (bicyclic) bond motifs is 1. The van der Waals surface area contributed by atoms with Crippen LogP contribution in [0.2, 0.25) is 0 Å². The van der Waals surface area contributed by atoms with E-state index in [4.69, 9.17) is 0 Å². The van der Waals surface area contributed by atoms with E-state index in [9.17, 15) is 53.9 Å². The number of carbonyl (C=O) groups excluding carboxylic acids is 1. The Balaban J connectivity index is 2.14. The van der Waals surface area contributed by atoms with Crippen molar-refractivity contribution in [3.8, 4) is 0 Å². The maximum absolute atomic E-state index is 14.5.